The van der Waals surface area contributed by atoms with Crippen LogP contribution in [0, 0.1) is 0 Å². The predicted octanol–water partition coefficient (Wildman–Crippen LogP) is 3.46. The predicted molar refractivity (Wildman–Crippen MR) is 79.8 cm³/mol. The minimum absolute atomic E-state index is 0.478. The normalized spacial score (nSPS) is 11.2. The van der Waals surface area contributed by atoms with Crippen LogP contribution < -0.4 is 5.32 Å². The number of furan rings is 1. The fourth-order valence-corrected chi connectivity index (χ4v) is 2.50. The van der Waals surface area contributed by atoms with Crippen LogP contribution in [0.25, 0.3) is 11.0 Å². The maximum Gasteiger partial charge on any atom is 0.199 e. The second-order valence-electron chi connectivity index (χ2n) is 4.65. The van der Waals surface area contributed by atoms with Gasteiger partial charge in [0.2, 0.25) is 0 Å². The quantitative estimate of drug-likeness (QED) is 0.707. The van der Waals surface area contributed by atoms with Gasteiger partial charge in [0, 0.05) is 36.4 Å². The lowest BCUT2D eigenvalue weighted by molar-refractivity contribution is 0.541. The number of hydrogen-bond acceptors (Lipinski definition) is 3. The first-order valence-electron chi connectivity index (χ1n) is 6.68. The summed E-state index contributed by atoms with van der Waals surface area (Å²) in [6.07, 6.45) is 4.79. The van der Waals surface area contributed by atoms with E-state index >= 15 is 0 Å². The molecule has 0 aliphatic carbocycles. The number of fused-ring (bicyclic) bond motifs is 1. The van der Waals surface area contributed by atoms with Gasteiger partial charge in [0.05, 0.1) is 0 Å². The highest BCUT2D eigenvalue weighted by Gasteiger charge is 2.10. The van der Waals surface area contributed by atoms with Crippen molar-refractivity contribution < 1.29 is 4.42 Å². The lowest BCUT2D eigenvalue weighted by atomic mass is 10.2. The third kappa shape index (κ3) is 2.86. The topological polar surface area (TPSA) is 43.0 Å². The van der Waals surface area contributed by atoms with Crippen LogP contribution in [0.3, 0.4) is 0 Å². The van der Waals surface area contributed by atoms with Gasteiger partial charge in [-0.2, -0.15) is 5.10 Å². The zero-order valence-corrected chi connectivity index (χ0v) is 11.8. The number of halogens is 1. The Morgan fingerprint density at radius 3 is 3.00 bits per heavy atom. The second-order valence-corrected chi connectivity index (χ2v) is 4.99. The van der Waals surface area contributed by atoms with Gasteiger partial charge in [-0.25, -0.2) is 0 Å². The van der Waals surface area contributed by atoms with E-state index in [1.165, 1.54) is 0 Å². The molecule has 2 aromatic heterocycles. The number of aromatic nitrogens is 2. The molecule has 0 saturated heterocycles. The summed E-state index contributed by atoms with van der Waals surface area (Å²) in [5.74, 6) is 0. The van der Waals surface area contributed by atoms with Gasteiger partial charge in [0.15, 0.2) is 5.22 Å². The van der Waals surface area contributed by atoms with Gasteiger partial charge in [0.25, 0.3) is 0 Å². The summed E-state index contributed by atoms with van der Waals surface area (Å²) < 4.78 is 7.46. The van der Waals surface area contributed by atoms with Crippen molar-refractivity contribution in [1.82, 2.24) is 15.1 Å². The molecule has 0 unspecified atom stereocenters. The van der Waals surface area contributed by atoms with Crippen LogP contribution in [0.4, 0.5) is 0 Å². The highest BCUT2D eigenvalue weighted by molar-refractivity contribution is 6.30. The number of para-hydroxylation sites is 1. The lowest BCUT2D eigenvalue weighted by Crippen LogP contribution is -2.16. The van der Waals surface area contributed by atoms with E-state index in [4.69, 9.17) is 16.0 Å². The number of hydrogen-bond donors (Lipinski definition) is 1. The molecular formula is C15H16ClN3O. The van der Waals surface area contributed by atoms with E-state index in [2.05, 4.69) is 10.4 Å². The summed E-state index contributed by atoms with van der Waals surface area (Å²) in [4.78, 5) is 0. The van der Waals surface area contributed by atoms with Crippen molar-refractivity contribution in [3.05, 3.63) is 53.5 Å². The van der Waals surface area contributed by atoms with Crippen molar-refractivity contribution >= 4 is 22.6 Å². The zero-order chi connectivity index (χ0) is 13.8. The van der Waals surface area contributed by atoms with E-state index < -0.39 is 0 Å². The first-order chi connectivity index (χ1) is 9.84. The van der Waals surface area contributed by atoms with Crippen LogP contribution in [0.5, 0.6) is 0 Å². The molecule has 0 aliphatic rings. The zero-order valence-electron chi connectivity index (χ0n) is 11.1. The average Bonchev–Trinajstić information content (AvgIpc) is 3.06. The SMILES string of the molecule is Clc1oc2ccccc2c1CNCCCn1cccn1. The molecule has 1 aromatic carbocycles. The van der Waals surface area contributed by atoms with Crippen LogP contribution in [-0.4, -0.2) is 16.3 Å². The third-order valence-corrected chi connectivity index (χ3v) is 3.56. The number of rotatable bonds is 6. The van der Waals surface area contributed by atoms with Crippen molar-refractivity contribution in [2.24, 2.45) is 0 Å². The van der Waals surface area contributed by atoms with Crippen molar-refractivity contribution in [3.63, 3.8) is 0 Å². The molecule has 0 fully saturated rings. The van der Waals surface area contributed by atoms with E-state index in [1.807, 2.05) is 41.2 Å². The first kappa shape index (κ1) is 13.2. The summed E-state index contributed by atoms with van der Waals surface area (Å²) in [7, 11) is 0. The Hall–Kier alpha value is -1.78. The Kier molecular flexibility index (Phi) is 4.04. The van der Waals surface area contributed by atoms with Crippen LogP contribution in [-0.2, 0) is 13.1 Å². The van der Waals surface area contributed by atoms with Gasteiger partial charge in [-0.15, -0.1) is 0 Å². The minimum Gasteiger partial charge on any atom is -0.444 e. The summed E-state index contributed by atoms with van der Waals surface area (Å²) in [6, 6.07) is 9.84. The van der Waals surface area contributed by atoms with Gasteiger partial charge in [-0.05, 0) is 36.7 Å². The molecule has 3 rings (SSSR count). The molecule has 2 heterocycles. The van der Waals surface area contributed by atoms with Crippen LogP contribution in [0.1, 0.15) is 12.0 Å². The first-order valence-corrected chi connectivity index (χ1v) is 7.06. The van der Waals surface area contributed by atoms with E-state index in [0.717, 1.165) is 42.6 Å². The molecule has 0 saturated carbocycles. The second kappa shape index (κ2) is 6.11. The molecule has 4 nitrogen and oxygen atoms in total. The highest BCUT2D eigenvalue weighted by atomic mass is 35.5. The standard InChI is InChI=1S/C15H16ClN3O/c16-15-13(12-5-1-2-6-14(12)20-15)11-17-7-3-9-19-10-4-8-18-19/h1-2,4-6,8,10,17H,3,7,9,11H2. The van der Waals surface area contributed by atoms with Crippen molar-refractivity contribution in [3.8, 4) is 0 Å². The maximum atomic E-state index is 6.14. The van der Waals surface area contributed by atoms with Crippen molar-refractivity contribution in [1.29, 1.82) is 0 Å². The molecule has 1 N–H and O–H groups in total. The summed E-state index contributed by atoms with van der Waals surface area (Å²) >= 11 is 6.14. The van der Waals surface area contributed by atoms with Gasteiger partial charge in [-0.3, -0.25) is 4.68 Å². The summed E-state index contributed by atoms with van der Waals surface area (Å²) in [5.41, 5.74) is 1.87. The molecule has 20 heavy (non-hydrogen) atoms. The fraction of sp³-hybridized carbons (Fsp3) is 0.267. The molecule has 3 aromatic rings. The summed E-state index contributed by atoms with van der Waals surface area (Å²) in [5, 5.41) is 9.13. The molecule has 0 radical (unpaired) electrons. The van der Waals surface area contributed by atoms with Crippen molar-refractivity contribution in [2.75, 3.05) is 6.54 Å². The maximum absolute atomic E-state index is 6.14. The van der Waals surface area contributed by atoms with E-state index in [0.29, 0.717) is 5.22 Å². The number of nitrogens with zero attached hydrogens (tertiary/aromatic N) is 2. The largest absolute Gasteiger partial charge is 0.444 e. The Morgan fingerprint density at radius 1 is 1.25 bits per heavy atom. The minimum atomic E-state index is 0.478. The van der Waals surface area contributed by atoms with Crippen LogP contribution >= 0.6 is 11.6 Å². The fourth-order valence-electron chi connectivity index (χ4n) is 2.25. The van der Waals surface area contributed by atoms with Gasteiger partial charge < -0.3 is 9.73 Å². The average molecular weight is 290 g/mol. The van der Waals surface area contributed by atoms with Gasteiger partial charge in [-0.1, -0.05) is 18.2 Å². The van der Waals surface area contributed by atoms with Crippen molar-refractivity contribution in [2.45, 2.75) is 19.5 Å². The monoisotopic (exact) mass is 289 g/mol. The summed E-state index contributed by atoms with van der Waals surface area (Å²) in [6.45, 7) is 2.55. The molecule has 0 atom stereocenters. The molecular weight excluding hydrogens is 274 g/mol. The smallest absolute Gasteiger partial charge is 0.199 e. The number of benzene rings is 1. The number of nitrogens with one attached hydrogen (secondary N) is 1. The molecule has 0 aliphatic heterocycles. The molecule has 0 spiro atoms. The van der Waals surface area contributed by atoms with Gasteiger partial charge >= 0.3 is 0 Å². The highest BCUT2D eigenvalue weighted by Crippen LogP contribution is 2.29. The molecule has 0 bridgehead atoms. The molecule has 104 valence electrons. The molecule has 0 amide bonds. The Morgan fingerprint density at radius 2 is 2.15 bits per heavy atom. The third-order valence-electron chi connectivity index (χ3n) is 3.25. The van der Waals surface area contributed by atoms with Gasteiger partial charge in [0.1, 0.15) is 5.58 Å². The number of aryl methyl sites for hydroxylation is 1. The van der Waals surface area contributed by atoms with Crippen LogP contribution in [0.2, 0.25) is 5.22 Å². The Labute approximate surface area is 122 Å². The Bertz CT molecular complexity index is 676. The van der Waals surface area contributed by atoms with E-state index in [-0.39, 0.29) is 0 Å². The van der Waals surface area contributed by atoms with Crippen LogP contribution in [0.15, 0.2) is 47.1 Å². The van der Waals surface area contributed by atoms with E-state index in [1.54, 1.807) is 6.20 Å². The lowest BCUT2D eigenvalue weighted by Gasteiger charge is -2.04. The molecule has 5 heteroatoms. The Balaban J connectivity index is 1.53. The van der Waals surface area contributed by atoms with E-state index in [9.17, 15) is 0 Å².